The summed E-state index contributed by atoms with van der Waals surface area (Å²) >= 11 is 0. The highest BCUT2D eigenvalue weighted by molar-refractivity contribution is 5.97. The van der Waals surface area contributed by atoms with E-state index < -0.39 is 35.6 Å². The number of likely N-dealkylation sites (N-methyl/N-ethyl adjacent to an activating group) is 1. The molecular formula is C15H29N3O6. The molecule has 24 heavy (non-hydrogen) atoms. The first kappa shape index (κ1) is 22.3. The lowest BCUT2D eigenvalue weighted by Gasteiger charge is -2.32. The molecule has 0 heterocycles. The highest BCUT2D eigenvalue weighted by Gasteiger charge is 2.38. The van der Waals surface area contributed by atoms with Gasteiger partial charge in [0.1, 0.15) is 12.1 Å². The van der Waals surface area contributed by atoms with Gasteiger partial charge >= 0.3 is 6.03 Å². The van der Waals surface area contributed by atoms with Crippen LogP contribution < -0.4 is 10.6 Å². The van der Waals surface area contributed by atoms with Gasteiger partial charge in [-0.25, -0.2) is 4.79 Å². The number of ether oxygens (including phenoxy) is 1. The minimum atomic E-state index is -1.50. The van der Waals surface area contributed by atoms with E-state index in [1.54, 1.807) is 13.8 Å². The molecule has 0 aliphatic rings. The minimum Gasteiger partial charge on any atom is -0.383 e. The van der Waals surface area contributed by atoms with E-state index in [-0.39, 0.29) is 17.4 Å². The Morgan fingerprint density at radius 1 is 1.21 bits per heavy atom. The van der Waals surface area contributed by atoms with Crippen molar-refractivity contribution in [3.8, 4) is 0 Å². The second-order valence-corrected chi connectivity index (χ2v) is 6.44. The van der Waals surface area contributed by atoms with Crippen molar-refractivity contribution in [2.75, 3.05) is 14.2 Å². The highest BCUT2D eigenvalue weighted by atomic mass is 16.5. The predicted octanol–water partition coefficient (Wildman–Crippen LogP) is 0.251. The number of urea groups is 1. The number of rotatable bonds is 8. The van der Waals surface area contributed by atoms with Crippen LogP contribution in [-0.4, -0.2) is 65.1 Å². The molecule has 0 spiro atoms. The standard InChI is InChI=1S/C15H29N3O6/c1-9(2)7-8-10(19)13(21)18(23)14(22)17-11(12(20)16-5)15(3,4)24-6/h9-11,19,23H,7-8H2,1-6H3,(H,16,20)(H,17,22)/t10-,11?/m0/s1. The number of aliphatic hydroxyl groups excluding tert-OH is 1. The molecule has 4 amide bonds. The quantitative estimate of drug-likeness (QED) is 0.368. The molecule has 0 bridgehead atoms. The van der Waals surface area contributed by atoms with Crippen molar-refractivity contribution in [2.24, 2.45) is 5.92 Å². The van der Waals surface area contributed by atoms with Gasteiger partial charge < -0.3 is 20.5 Å². The topological polar surface area (TPSA) is 128 Å². The fraction of sp³-hybridized carbons (Fsp3) is 0.800. The number of amides is 4. The second kappa shape index (κ2) is 9.55. The van der Waals surface area contributed by atoms with E-state index in [0.717, 1.165) is 0 Å². The number of carbonyl (C=O) groups is 3. The van der Waals surface area contributed by atoms with Gasteiger partial charge in [-0.3, -0.25) is 14.8 Å². The molecule has 2 atom stereocenters. The van der Waals surface area contributed by atoms with Crippen molar-refractivity contribution >= 4 is 17.8 Å². The lowest BCUT2D eigenvalue weighted by molar-refractivity contribution is -0.163. The van der Waals surface area contributed by atoms with Crippen LogP contribution >= 0.6 is 0 Å². The van der Waals surface area contributed by atoms with Gasteiger partial charge in [-0.2, -0.15) is 0 Å². The summed E-state index contributed by atoms with van der Waals surface area (Å²) in [5.74, 6) is -1.45. The molecule has 0 aromatic carbocycles. The van der Waals surface area contributed by atoms with Gasteiger partial charge in [0, 0.05) is 14.2 Å². The van der Waals surface area contributed by atoms with Gasteiger partial charge in [0.05, 0.1) is 5.60 Å². The second-order valence-electron chi connectivity index (χ2n) is 6.44. The minimum absolute atomic E-state index is 0.114. The van der Waals surface area contributed by atoms with Crippen LogP contribution in [0.2, 0.25) is 0 Å². The molecule has 0 aliphatic heterocycles. The number of hydrogen-bond donors (Lipinski definition) is 4. The van der Waals surface area contributed by atoms with Gasteiger partial charge in [0.2, 0.25) is 5.91 Å². The summed E-state index contributed by atoms with van der Waals surface area (Å²) in [6.07, 6.45) is -0.833. The first-order valence-corrected chi connectivity index (χ1v) is 7.76. The summed E-state index contributed by atoms with van der Waals surface area (Å²) in [6.45, 7) is 6.96. The van der Waals surface area contributed by atoms with Crippen LogP contribution in [0.5, 0.6) is 0 Å². The van der Waals surface area contributed by atoms with Crippen molar-refractivity contribution in [3.63, 3.8) is 0 Å². The number of methoxy groups -OCH3 is 1. The molecule has 0 saturated carbocycles. The number of hydrogen-bond acceptors (Lipinski definition) is 6. The SMILES string of the molecule is CNC(=O)C(NC(=O)N(O)C(=O)[C@@H](O)CCC(C)C)C(C)(C)OC. The third-order valence-corrected chi connectivity index (χ3v) is 3.70. The van der Waals surface area contributed by atoms with Crippen molar-refractivity contribution in [2.45, 2.75) is 58.3 Å². The van der Waals surface area contributed by atoms with E-state index in [1.165, 1.54) is 14.2 Å². The van der Waals surface area contributed by atoms with Crippen LogP contribution in [0.25, 0.3) is 0 Å². The maximum Gasteiger partial charge on any atom is 0.349 e. The maximum absolute atomic E-state index is 12.0. The number of nitrogens with zero attached hydrogens (tertiary/aromatic N) is 1. The number of hydroxylamine groups is 2. The Morgan fingerprint density at radius 3 is 2.17 bits per heavy atom. The number of aliphatic hydroxyl groups is 1. The molecule has 0 radical (unpaired) electrons. The molecule has 0 aliphatic carbocycles. The van der Waals surface area contributed by atoms with Crippen LogP contribution in [0.3, 0.4) is 0 Å². The maximum atomic E-state index is 12.0. The lowest BCUT2D eigenvalue weighted by atomic mass is 9.98. The molecule has 0 aromatic rings. The Morgan fingerprint density at radius 2 is 1.75 bits per heavy atom. The molecule has 0 saturated heterocycles. The molecule has 0 fully saturated rings. The molecule has 9 nitrogen and oxygen atoms in total. The van der Waals surface area contributed by atoms with E-state index in [2.05, 4.69) is 10.6 Å². The van der Waals surface area contributed by atoms with Crippen molar-refractivity contribution in [3.05, 3.63) is 0 Å². The summed E-state index contributed by atoms with van der Waals surface area (Å²) in [6, 6.07) is -2.38. The zero-order valence-electron chi connectivity index (χ0n) is 15.1. The summed E-state index contributed by atoms with van der Waals surface area (Å²) < 4.78 is 5.17. The summed E-state index contributed by atoms with van der Waals surface area (Å²) in [5, 5.41) is 23.8. The number of imide groups is 1. The Hall–Kier alpha value is -1.71. The third-order valence-electron chi connectivity index (χ3n) is 3.70. The fourth-order valence-corrected chi connectivity index (χ4v) is 1.86. The van der Waals surface area contributed by atoms with E-state index in [1.807, 2.05) is 13.8 Å². The molecule has 0 aromatic heterocycles. The Balaban J connectivity index is 4.98. The average Bonchev–Trinajstić information content (AvgIpc) is 2.54. The predicted molar refractivity (Wildman–Crippen MR) is 86.2 cm³/mol. The molecular weight excluding hydrogens is 318 g/mol. The largest absolute Gasteiger partial charge is 0.383 e. The summed E-state index contributed by atoms with van der Waals surface area (Å²) in [5.41, 5.74) is -1.09. The average molecular weight is 347 g/mol. The lowest BCUT2D eigenvalue weighted by Crippen LogP contribution is -2.60. The van der Waals surface area contributed by atoms with Gasteiger partial charge in [-0.05, 0) is 32.6 Å². The van der Waals surface area contributed by atoms with Gasteiger partial charge in [-0.1, -0.05) is 13.8 Å². The Kier molecular flexibility index (Phi) is 8.87. The van der Waals surface area contributed by atoms with Gasteiger partial charge in [0.25, 0.3) is 5.91 Å². The zero-order valence-corrected chi connectivity index (χ0v) is 15.1. The van der Waals surface area contributed by atoms with E-state index in [9.17, 15) is 24.7 Å². The van der Waals surface area contributed by atoms with Crippen LogP contribution in [0, 0.1) is 5.92 Å². The molecule has 140 valence electrons. The third kappa shape index (κ3) is 6.42. The molecule has 4 N–H and O–H groups in total. The first-order valence-electron chi connectivity index (χ1n) is 7.76. The highest BCUT2D eigenvalue weighted by Crippen LogP contribution is 2.15. The monoisotopic (exact) mass is 347 g/mol. The van der Waals surface area contributed by atoms with Crippen LogP contribution in [0.4, 0.5) is 4.79 Å². The fourth-order valence-electron chi connectivity index (χ4n) is 1.86. The molecule has 0 rings (SSSR count). The zero-order chi connectivity index (χ0) is 19.1. The summed E-state index contributed by atoms with van der Waals surface area (Å²) in [7, 11) is 2.74. The summed E-state index contributed by atoms with van der Waals surface area (Å²) in [4.78, 5) is 35.8. The smallest absolute Gasteiger partial charge is 0.349 e. The van der Waals surface area contributed by atoms with Gasteiger partial charge in [0.15, 0.2) is 0 Å². The van der Waals surface area contributed by atoms with Crippen molar-refractivity contribution in [1.29, 1.82) is 0 Å². The van der Waals surface area contributed by atoms with Crippen molar-refractivity contribution < 1.29 is 29.4 Å². The van der Waals surface area contributed by atoms with Crippen LogP contribution in [-0.2, 0) is 14.3 Å². The number of carbonyl (C=O) groups excluding carboxylic acids is 3. The van der Waals surface area contributed by atoms with Gasteiger partial charge in [-0.15, -0.1) is 5.06 Å². The van der Waals surface area contributed by atoms with Crippen molar-refractivity contribution in [1.82, 2.24) is 15.7 Å². The van der Waals surface area contributed by atoms with Crippen LogP contribution in [0.1, 0.15) is 40.5 Å². The number of nitrogens with one attached hydrogen (secondary N) is 2. The normalized spacial score (nSPS) is 14.0. The Labute approximate surface area is 142 Å². The Bertz CT molecular complexity index is 452. The molecule has 9 heteroatoms. The van der Waals surface area contributed by atoms with E-state index in [4.69, 9.17) is 4.74 Å². The molecule has 1 unspecified atom stereocenters. The first-order chi connectivity index (χ1) is 11.0. The van der Waals surface area contributed by atoms with Crippen LogP contribution in [0.15, 0.2) is 0 Å². The van der Waals surface area contributed by atoms with E-state index in [0.29, 0.717) is 6.42 Å². The van der Waals surface area contributed by atoms with E-state index >= 15 is 0 Å².